The SMILES string of the molecule is Cc1ccsc1C(C)Nc1c(Cl)cccc1C(F)(F)F. The first kappa shape index (κ1) is 15.2. The molecule has 1 atom stereocenters. The summed E-state index contributed by atoms with van der Waals surface area (Å²) in [5.74, 6) is 0. The third-order valence-corrected chi connectivity index (χ3v) is 4.49. The van der Waals surface area contributed by atoms with E-state index in [1.54, 1.807) is 0 Å². The summed E-state index contributed by atoms with van der Waals surface area (Å²) in [6, 6.07) is 5.48. The second-order valence-electron chi connectivity index (χ2n) is 4.49. The summed E-state index contributed by atoms with van der Waals surface area (Å²) >= 11 is 7.43. The second-order valence-corrected chi connectivity index (χ2v) is 5.85. The number of nitrogens with one attached hydrogen (secondary N) is 1. The van der Waals surface area contributed by atoms with Crippen LogP contribution in [0.3, 0.4) is 0 Å². The van der Waals surface area contributed by atoms with Crippen molar-refractivity contribution in [2.75, 3.05) is 5.32 Å². The molecule has 0 bridgehead atoms. The molecule has 0 saturated heterocycles. The van der Waals surface area contributed by atoms with Gasteiger partial charge in [-0.1, -0.05) is 17.7 Å². The first-order chi connectivity index (χ1) is 9.30. The van der Waals surface area contributed by atoms with Gasteiger partial charge in [-0.3, -0.25) is 0 Å². The van der Waals surface area contributed by atoms with Crippen LogP contribution in [0.5, 0.6) is 0 Å². The van der Waals surface area contributed by atoms with Crippen molar-refractivity contribution in [2.45, 2.75) is 26.1 Å². The predicted molar refractivity (Wildman–Crippen MR) is 77.5 cm³/mol. The average molecular weight is 320 g/mol. The van der Waals surface area contributed by atoms with Gasteiger partial charge in [-0.05, 0) is 43.0 Å². The van der Waals surface area contributed by atoms with E-state index in [1.165, 1.54) is 23.5 Å². The van der Waals surface area contributed by atoms with E-state index in [1.807, 2.05) is 25.3 Å². The molecule has 2 rings (SSSR count). The normalized spacial score (nSPS) is 13.3. The molecule has 0 fully saturated rings. The molecular weight excluding hydrogens is 307 g/mol. The van der Waals surface area contributed by atoms with E-state index in [9.17, 15) is 13.2 Å². The Morgan fingerprint density at radius 2 is 1.95 bits per heavy atom. The Bertz CT molecular complexity index is 607. The molecule has 0 radical (unpaired) electrons. The van der Waals surface area contributed by atoms with Gasteiger partial charge in [-0.2, -0.15) is 13.2 Å². The van der Waals surface area contributed by atoms with E-state index < -0.39 is 11.7 Å². The molecule has 0 aliphatic rings. The van der Waals surface area contributed by atoms with Crippen molar-refractivity contribution in [1.29, 1.82) is 0 Å². The number of alkyl halides is 3. The highest BCUT2D eigenvalue weighted by molar-refractivity contribution is 7.10. The summed E-state index contributed by atoms with van der Waals surface area (Å²) in [6.07, 6.45) is -4.43. The van der Waals surface area contributed by atoms with Gasteiger partial charge in [0.1, 0.15) is 0 Å². The molecule has 1 nitrogen and oxygen atoms in total. The number of anilines is 1. The lowest BCUT2D eigenvalue weighted by Gasteiger charge is -2.20. The third-order valence-electron chi connectivity index (χ3n) is 2.97. The molecule has 1 N–H and O–H groups in total. The summed E-state index contributed by atoms with van der Waals surface area (Å²) in [7, 11) is 0. The number of thiophene rings is 1. The van der Waals surface area contributed by atoms with Gasteiger partial charge in [-0.15, -0.1) is 11.3 Å². The molecule has 20 heavy (non-hydrogen) atoms. The second kappa shape index (κ2) is 5.66. The highest BCUT2D eigenvalue weighted by atomic mass is 35.5. The Morgan fingerprint density at radius 3 is 2.50 bits per heavy atom. The average Bonchev–Trinajstić information content (AvgIpc) is 2.76. The minimum absolute atomic E-state index is 0.0676. The smallest absolute Gasteiger partial charge is 0.376 e. The van der Waals surface area contributed by atoms with E-state index in [0.717, 1.165) is 16.5 Å². The minimum atomic E-state index is -4.43. The number of hydrogen-bond acceptors (Lipinski definition) is 2. The molecule has 0 amide bonds. The standard InChI is InChI=1S/C14H13ClF3NS/c1-8-6-7-20-13(8)9(2)19-12-10(14(16,17)18)4-3-5-11(12)15/h3-7,9,19H,1-2H3. The summed E-state index contributed by atoms with van der Waals surface area (Å²) in [5, 5.41) is 4.87. The predicted octanol–water partition coefficient (Wildman–Crippen LogP) is 5.90. The van der Waals surface area contributed by atoms with Gasteiger partial charge in [0.25, 0.3) is 0 Å². The molecule has 1 heterocycles. The highest BCUT2D eigenvalue weighted by Gasteiger charge is 2.34. The zero-order valence-corrected chi connectivity index (χ0v) is 12.5. The molecule has 1 aromatic carbocycles. The van der Waals surface area contributed by atoms with Crippen LogP contribution in [0.15, 0.2) is 29.6 Å². The lowest BCUT2D eigenvalue weighted by atomic mass is 10.1. The van der Waals surface area contributed by atoms with Crippen LogP contribution < -0.4 is 5.32 Å². The van der Waals surface area contributed by atoms with E-state index in [-0.39, 0.29) is 16.8 Å². The Balaban J connectivity index is 2.36. The Morgan fingerprint density at radius 1 is 1.25 bits per heavy atom. The molecule has 0 spiro atoms. The van der Waals surface area contributed by atoms with Crippen LogP contribution in [0.1, 0.15) is 29.0 Å². The van der Waals surface area contributed by atoms with Crippen LogP contribution in [0.2, 0.25) is 5.02 Å². The van der Waals surface area contributed by atoms with Crippen molar-refractivity contribution in [3.8, 4) is 0 Å². The fraction of sp³-hybridized carbons (Fsp3) is 0.286. The topological polar surface area (TPSA) is 12.0 Å². The van der Waals surface area contributed by atoms with Gasteiger partial charge in [0.15, 0.2) is 0 Å². The molecule has 0 aliphatic carbocycles. The first-order valence-corrected chi connectivity index (χ1v) is 7.22. The van der Waals surface area contributed by atoms with Gasteiger partial charge in [0, 0.05) is 4.88 Å². The molecule has 0 aliphatic heterocycles. The summed E-state index contributed by atoms with van der Waals surface area (Å²) in [4.78, 5) is 0.998. The van der Waals surface area contributed by atoms with E-state index in [4.69, 9.17) is 11.6 Å². The number of aryl methyl sites for hydroxylation is 1. The lowest BCUT2D eigenvalue weighted by molar-refractivity contribution is -0.137. The summed E-state index contributed by atoms with van der Waals surface area (Å²) in [6.45, 7) is 3.75. The maximum Gasteiger partial charge on any atom is 0.418 e. The van der Waals surface area contributed by atoms with Crippen molar-refractivity contribution in [3.63, 3.8) is 0 Å². The van der Waals surface area contributed by atoms with Gasteiger partial charge in [-0.25, -0.2) is 0 Å². The molecule has 6 heteroatoms. The number of halogens is 4. The zero-order chi connectivity index (χ0) is 14.9. The number of rotatable bonds is 3. The summed E-state index contributed by atoms with van der Waals surface area (Å²) < 4.78 is 39.0. The summed E-state index contributed by atoms with van der Waals surface area (Å²) in [5.41, 5.74) is 0.239. The minimum Gasteiger partial charge on any atom is -0.376 e. The Kier molecular flexibility index (Phi) is 4.30. The van der Waals surface area contributed by atoms with Crippen molar-refractivity contribution < 1.29 is 13.2 Å². The van der Waals surface area contributed by atoms with Crippen LogP contribution in [0.4, 0.5) is 18.9 Å². The van der Waals surface area contributed by atoms with E-state index in [2.05, 4.69) is 5.32 Å². The van der Waals surface area contributed by atoms with Gasteiger partial charge in [0.2, 0.25) is 0 Å². The molecule has 0 saturated carbocycles. The van der Waals surface area contributed by atoms with Crippen molar-refractivity contribution in [2.24, 2.45) is 0 Å². The number of hydrogen-bond donors (Lipinski definition) is 1. The van der Waals surface area contributed by atoms with Crippen LogP contribution in [-0.2, 0) is 6.18 Å². The lowest BCUT2D eigenvalue weighted by Crippen LogP contribution is -2.13. The van der Waals surface area contributed by atoms with Gasteiger partial charge < -0.3 is 5.32 Å². The van der Waals surface area contributed by atoms with Gasteiger partial charge in [0.05, 0.1) is 22.3 Å². The van der Waals surface area contributed by atoms with Crippen molar-refractivity contribution >= 4 is 28.6 Å². The Labute approximate surface area is 124 Å². The number of benzene rings is 1. The van der Waals surface area contributed by atoms with Crippen LogP contribution in [0, 0.1) is 6.92 Å². The van der Waals surface area contributed by atoms with Crippen molar-refractivity contribution in [1.82, 2.24) is 0 Å². The Hall–Kier alpha value is -1.20. The fourth-order valence-electron chi connectivity index (χ4n) is 2.02. The highest BCUT2D eigenvalue weighted by Crippen LogP contribution is 2.40. The quantitative estimate of drug-likeness (QED) is 0.742. The molecule has 2 aromatic rings. The van der Waals surface area contributed by atoms with Crippen LogP contribution in [-0.4, -0.2) is 0 Å². The van der Waals surface area contributed by atoms with Crippen LogP contribution in [0.25, 0.3) is 0 Å². The van der Waals surface area contributed by atoms with Crippen LogP contribution >= 0.6 is 22.9 Å². The third kappa shape index (κ3) is 3.10. The zero-order valence-electron chi connectivity index (χ0n) is 10.9. The van der Waals surface area contributed by atoms with Crippen molar-refractivity contribution in [3.05, 3.63) is 50.7 Å². The maximum atomic E-state index is 13.0. The molecule has 1 aromatic heterocycles. The van der Waals surface area contributed by atoms with E-state index >= 15 is 0 Å². The monoisotopic (exact) mass is 319 g/mol. The molecule has 1 unspecified atom stereocenters. The molecular formula is C14H13ClF3NS. The largest absolute Gasteiger partial charge is 0.418 e. The first-order valence-electron chi connectivity index (χ1n) is 5.97. The number of para-hydroxylation sites is 1. The van der Waals surface area contributed by atoms with E-state index in [0.29, 0.717) is 0 Å². The van der Waals surface area contributed by atoms with Gasteiger partial charge >= 0.3 is 6.18 Å². The fourth-order valence-corrected chi connectivity index (χ4v) is 3.18. The molecule has 108 valence electrons. The maximum absolute atomic E-state index is 13.0.